The lowest BCUT2D eigenvalue weighted by Gasteiger charge is -2.27. The van der Waals surface area contributed by atoms with E-state index in [1.165, 1.54) is 51.7 Å². The number of piperidine rings is 1. The summed E-state index contributed by atoms with van der Waals surface area (Å²) in [7, 11) is 0. The predicted octanol–water partition coefficient (Wildman–Crippen LogP) is 1.29. The van der Waals surface area contributed by atoms with Crippen LogP contribution >= 0.6 is 0 Å². The Morgan fingerprint density at radius 3 is 2.45 bits per heavy atom. The molecule has 0 aliphatic carbocycles. The number of guanidine groups is 1. The van der Waals surface area contributed by atoms with Gasteiger partial charge in [0.15, 0.2) is 5.96 Å². The highest BCUT2D eigenvalue weighted by Crippen LogP contribution is 2.09. The molecule has 20 heavy (non-hydrogen) atoms. The fourth-order valence-corrected chi connectivity index (χ4v) is 2.89. The Balaban J connectivity index is 1.49. The molecule has 0 radical (unpaired) electrons. The fourth-order valence-electron chi connectivity index (χ4n) is 2.89. The van der Waals surface area contributed by atoms with Crippen LogP contribution in [0.2, 0.25) is 0 Å². The van der Waals surface area contributed by atoms with Gasteiger partial charge in [0.1, 0.15) is 0 Å². The molecule has 0 unspecified atom stereocenters. The van der Waals surface area contributed by atoms with E-state index in [0.29, 0.717) is 5.96 Å². The monoisotopic (exact) mass is 282 g/mol. The van der Waals surface area contributed by atoms with E-state index in [9.17, 15) is 0 Å². The zero-order chi connectivity index (χ0) is 14.0. The van der Waals surface area contributed by atoms with Crippen LogP contribution in [-0.4, -0.2) is 68.2 Å². The SMILES string of the molecule is NC(=NCCCCCN1CCCCC1)N1CCOCC1. The van der Waals surface area contributed by atoms with Crippen LogP contribution in [0.15, 0.2) is 4.99 Å². The summed E-state index contributed by atoms with van der Waals surface area (Å²) in [5.41, 5.74) is 5.99. The van der Waals surface area contributed by atoms with Crippen LogP contribution in [0.3, 0.4) is 0 Å². The Bertz CT molecular complexity index is 284. The third kappa shape index (κ3) is 5.67. The van der Waals surface area contributed by atoms with E-state index in [0.717, 1.165) is 39.3 Å². The number of unbranched alkanes of at least 4 members (excludes halogenated alkanes) is 2. The van der Waals surface area contributed by atoms with Gasteiger partial charge in [-0.3, -0.25) is 4.99 Å². The van der Waals surface area contributed by atoms with E-state index in [1.807, 2.05) is 0 Å². The second kappa shape index (κ2) is 9.19. The average Bonchev–Trinajstić information content (AvgIpc) is 2.52. The molecule has 0 atom stereocenters. The number of morpholine rings is 1. The zero-order valence-corrected chi connectivity index (χ0v) is 12.7. The Labute approximate surface area is 123 Å². The predicted molar refractivity (Wildman–Crippen MR) is 83.0 cm³/mol. The topological polar surface area (TPSA) is 54.1 Å². The maximum absolute atomic E-state index is 5.99. The van der Waals surface area contributed by atoms with Gasteiger partial charge in [-0.1, -0.05) is 12.8 Å². The summed E-state index contributed by atoms with van der Waals surface area (Å²) in [6.07, 6.45) is 7.91. The van der Waals surface area contributed by atoms with Crippen LogP contribution in [0.5, 0.6) is 0 Å². The van der Waals surface area contributed by atoms with Gasteiger partial charge in [0, 0.05) is 19.6 Å². The first-order valence-corrected chi connectivity index (χ1v) is 8.21. The third-order valence-corrected chi connectivity index (χ3v) is 4.19. The second-order valence-corrected chi connectivity index (χ2v) is 5.80. The van der Waals surface area contributed by atoms with Gasteiger partial charge >= 0.3 is 0 Å². The summed E-state index contributed by atoms with van der Waals surface area (Å²) in [5, 5.41) is 0. The summed E-state index contributed by atoms with van der Waals surface area (Å²) < 4.78 is 5.31. The van der Waals surface area contributed by atoms with Gasteiger partial charge in [-0.15, -0.1) is 0 Å². The molecule has 0 aromatic heterocycles. The summed E-state index contributed by atoms with van der Waals surface area (Å²) in [4.78, 5) is 9.21. The number of aliphatic imine (C=N–C) groups is 1. The Morgan fingerprint density at radius 1 is 0.950 bits per heavy atom. The number of hydrogen-bond donors (Lipinski definition) is 1. The Morgan fingerprint density at radius 2 is 1.70 bits per heavy atom. The highest BCUT2D eigenvalue weighted by atomic mass is 16.5. The minimum Gasteiger partial charge on any atom is -0.378 e. The molecule has 2 rings (SSSR count). The zero-order valence-electron chi connectivity index (χ0n) is 12.7. The minimum absolute atomic E-state index is 0.698. The minimum atomic E-state index is 0.698. The second-order valence-electron chi connectivity index (χ2n) is 5.80. The van der Waals surface area contributed by atoms with Crippen molar-refractivity contribution in [1.29, 1.82) is 0 Å². The molecule has 0 aromatic rings. The standard InChI is InChI=1S/C15H30N4O/c16-15(19-11-13-20-14-12-19)17-7-3-1-4-8-18-9-5-2-6-10-18/h1-14H2,(H2,16,17). The molecule has 0 bridgehead atoms. The molecule has 116 valence electrons. The fraction of sp³-hybridized carbons (Fsp3) is 0.933. The van der Waals surface area contributed by atoms with E-state index in [4.69, 9.17) is 10.5 Å². The van der Waals surface area contributed by atoms with Crippen molar-refractivity contribution in [3.63, 3.8) is 0 Å². The molecule has 2 aliphatic rings. The Kier molecular flexibility index (Phi) is 7.15. The maximum Gasteiger partial charge on any atom is 0.191 e. The quantitative estimate of drug-likeness (QED) is 0.453. The number of ether oxygens (including phenoxy) is 1. The summed E-state index contributed by atoms with van der Waals surface area (Å²) in [6.45, 7) is 8.04. The van der Waals surface area contributed by atoms with Crippen LogP contribution in [0.4, 0.5) is 0 Å². The molecule has 2 fully saturated rings. The number of likely N-dealkylation sites (tertiary alicyclic amines) is 1. The van der Waals surface area contributed by atoms with E-state index in [2.05, 4.69) is 14.8 Å². The lowest BCUT2D eigenvalue weighted by Crippen LogP contribution is -2.44. The van der Waals surface area contributed by atoms with Crippen molar-refractivity contribution < 1.29 is 4.74 Å². The van der Waals surface area contributed by atoms with E-state index in [-0.39, 0.29) is 0 Å². The molecule has 2 N–H and O–H groups in total. The Hall–Kier alpha value is -0.810. The van der Waals surface area contributed by atoms with E-state index >= 15 is 0 Å². The highest BCUT2D eigenvalue weighted by Gasteiger charge is 2.11. The molecular weight excluding hydrogens is 252 g/mol. The first-order chi connectivity index (χ1) is 9.86. The molecule has 2 saturated heterocycles. The van der Waals surface area contributed by atoms with Crippen molar-refractivity contribution in [3.05, 3.63) is 0 Å². The van der Waals surface area contributed by atoms with Crippen molar-refractivity contribution in [2.24, 2.45) is 10.7 Å². The number of rotatable bonds is 6. The molecule has 0 amide bonds. The van der Waals surface area contributed by atoms with Gasteiger partial charge in [0.25, 0.3) is 0 Å². The van der Waals surface area contributed by atoms with Gasteiger partial charge in [-0.2, -0.15) is 0 Å². The van der Waals surface area contributed by atoms with Crippen LogP contribution in [0, 0.1) is 0 Å². The van der Waals surface area contributed by atoms with E-state index < -0.39 is 0 Å². The van der Waals surface area contributed by atoms with Crippen LogP contribution < -0.4 is 5.73 Å². The van der Waals surface area contributed by atoms with Crippen LogP contribution in [-0.2, 0) is 4.74 Å². The van der Waals surface area contributed by atoms with Gasteiger partial charge in [0.05, 0.1) is 13.2 Å². The summed E-state index contributed by atoms with van der Waals surface area (Å²) in [6, 6.07) is 0. The molecule has 5 nitrogen and oxygen atoms in total. The number of hydrogen-bond acceptors (Lipinski definition) is 3. The number of nitrogens with zero attached hydrogens (tertiary/aromatic N) is 3. The molecule has 2 aliphatic heterocycles. The maximum atomic E-state index is 5.99. The molecule has 5 heteroatoms. The number of nitrogens with two attached hydrogens (primary N) is 1. The normalized spacial score (nSPS) is 22.2. The lowest BCUT2D eigenvalue weighted by atomic mass is 10.1. The van der Waals surface area contributed by atoms with Crippen molar-refractivity contribution >= 4 is 5.96 Å². The van der Waals surface area contributed by atoms with Crippen molar-refractivity contribution in [3.8, 4) is 0 Å². The van der Waals surface area contributed by atoms with E-state index in [1.54, 1.807) is 0 Å². The molecule has 0 saturated carbocycles. The van der Waals surface area contributed by atoms with Crippen LogP contribution in [0.1, 0.15) is 38.5 Å². The summed E-state index contributed by atoms with van der Waals surface area (Å²) >= 11 is 0. The molecule has 0 aromatic carbocycles. The lowest BCUT2D eigenvalue weighted by molar-refractivity contribution is 0.0674. The van der Waals surface area contributed by atoms with Gasteiger partial charge in [0.2, 0.25) is 0 Å². The average molecular weight is 282 g/mol. The molecular formula is C15H30N4O. The third-order valence-electron chi connectivity index (χ3n) is 4.19. The summed E-state index contributed by atoms with van der Waals surface area (Å²) in [5.74, 6) is 0.698. The van der Waals surface area contributed by atoms with Crippen molar-refractivity contribution in [2.45, 2.75) is 38.5 Å². The molecule has 2 heterocycles. The first-order valence-electron chi connectivity index (χ1n) is 8.21. The van der Waals surface area contributed by atoms with Gasteiger partial charge in [-0.25, -0.2) is 0 Å². The highest BCUT2D eigenvalue weighted by molar-refractivity contribution is 5.78. The largest absolute Gasteiger partial charge is 0.378 e. The van der Waals surface area contributed by atoms with Crippen LogP contribution in [0.25, 0.3) is 0 Å². The first kappa shape index (κ1) is 15.6. The van der Waals surface area contributed by atoms with Crippen molar-refractivity contribution in [2.75, 3.05) is 52.5 Å². The van der Waals surface area contributed by atoms with Crippen molar-refractivity contribution in [1.82, 2.24) is 9.80 Å². The van der Waals surface area contributed by atoms with Gasteiger partial charge < -0.3 is 20.3 Å². The smallest absolute Gasteiger partial charge is 0.191 e. The molecule has 0 spiro atoms. The van der Waals surface area contributed by atoms with Gasteiger partial charge in [-0.05, 0) is 45.3 Å².